The SMILES string of the molecule is CCCn1c(N2CCC(C)CC2)c(/C=C2/SC(=S)N(C3CCCC3)C2=O)c(C)c(C#N)c1=O. The molecular formula is C25H32N4O2S2. The number of hydrogen-bond acceptors (Lipinski definition) is 6. The number of thioether (sulfide) groups is 1. The first-order chi connectivity index (χ1) is 15.9. The number of carbonyl (C=O) groups is 1. The number of piperidine rings is 1. The zero-order valence-corrected chi connectivity index (χ0v) is 21.4. The molecule has 6 nitrogen and oxygen atoms in total. The largest absolute Gasteiger partial charge is 0.357 e. The maximum absolute atomic E-state index is 13.4. The molecule has 1 aliphatic carbocycles. The van der Waals surface area contributed by atoms with Gasteiger partial charge in [0, 0.05) is 31.2 Å². The van der Waals surface area contributed by atoms with Crippen LogP contribution in [0.4, 0.5) is 5.82 Å². The van der Waals surface area contributed by atoms with Crippen LogP contribution in [0, 0.1) is 24.2 Å². The lowest BCUT2D eigenvalue weighted by atomic mass is 9.97. The maximum atomic E-state index is 13.4. The van der Waals surface area contributed by atoms with E-state index in [0.29, 0.717) is 27.3 Å². The number of thiocarbonyl (C=S) groups is 1. The highest BCUT2D eigenvalue weighted by molar-refractivity contribution is 8.26. The highest BCUT2D eigenvalue weighted by Crippen LogP contribution is 2.40. The van der Waals surface area contributed by atoms with Gasteiger partial charge in [-0.1, -0.05) is 50.7 Å². The molecule has 3 heterocycles. The van der Waals surface area contributed by atoms with Crippen molar-refractivity contribution in [2.45, 2.75) is 78.3 Å². The van der Waals surface area contributed by atoms with Crippen molar-refractivity contribution in [3.63, 3.8) is 0 Å². The third kappa shape index (κ3) is 4.50. The summed E-state index contributed by atoms with van der Waals surface area (Å²) in [6.45, 7) is 8.39. The Labute approximate surface area is 205 Å². The van der Waals surface area contributed by atoms with Gasteiger partial charge in [0.1, 0.15) is 21.8 Å². The van der Waals surface area contributed by atoms with E-state index in [2.05, 4.69) is 17.9 Å². The summed E-state index contributed by atoms with van der Waals surface area (Å²) in [7, 11) is 0. The Morgan fingerprint density at radius 3 is 2.45 bits per heavy atom. The quantitative estimate of drug-likeness (QED) is 0.441. The number of nitriles is 1. The van der Waals surface area contributed by atoms with Crippen molar-refractivity contribution < 1.29 is 4.79 Å². The number of nitrogens with zero attached hydrogens (tertiary/aromatic N) is 4. The van der Waals surface area contributed by atoms with Gasteiger partial charge in [-0.05, 0) is 56.6 Å². The Balaban J connectivity index is 1.85. The van der Waals surface area contributed by atoms with Crippen molar-refractivity contribution in [3.05, 3.63) is 31.9 Å². The third-order valence-electron chi connectivity index (χ3n) is 7.17. The number of rotatable bonds is 5. The average Bonchev–Trinajstić information content (AvgIpc) is 3.40. The van der Waals surface area contributed by atoms with Gasteiger partial charge in [0.15, 0.2) is 0 Å². The van der Waals surface area contributed by atoms with Crippen molar-refractivity contribution >= 4 is 46.1 Å². The minimum atomic E-state index is -0.235. The summed E-state index contributed by atoms with van der Waals surface area (Å²) in [5.41, 5.74) is 1.38. The molecule has 0 aromatic carbocycles. The van der Waals surface area contributed by atoms with Crippen LogP contribution in [0.1, 0.15) is 75.5 Å². The Kier molecular flexibility index (Phi) is 7.30. The smallest absolute Gasteiger partial charge is 0.270 e. The van der Waals surface area contributed by atoms with Crippen LogP contribution in [0.15, 0.2) is 9.70 Å². The zero-order valence-electron chi connectivity index (χ0n) is 19.7. The van der Waals surface area contributed by atoms with Crippen LogP contribution >= 0.6 is 24.0 Å². The van der Waals surface area contributed by atoms with Gasteiger partial charge in [-0.15, -0.1) is 0 Å². The van der Waals surface area contributed by atoms with E-state index >= 15 is 0 Å². The molecule has 33 heavy (non-hydrogen) atoms. The summed E-state index contributed by atoms with van der Waals surface area (Å²) in [6.07, 6.45) is 9.05. The molecule has 3 aliphatic rings. The molecular weight excluding hydrogens is 452 g/mol. The van der Waals surface area contributed by atoms with Crippen LogP contribution in [0.3, 0.4) is 0 Å². The fraction of sp³-hybridized carbons (Fsp3) is 0.600. The van der Waals surface area contributed by atoms with Gasteiger partial charge >= 0.3 is 0 Å². The molecule has 1 amide bonds. The van der Waals surface area contributed by atoms with Gasteiger partial charge in [0.2, 0.25) is 0 Å². The molecule has 1 aromatic heterocycles. The Morgan fingerprint density at radius 1 is 1.18 bits per heavy atom. The normalized spacial score (nSPS) is 21.5. The number of pyridine rings is 1. The lowest BCUT2D eigenvalue weighted by Crippen LogP contribution is -2.39. The molecule has 1 aromatic rings. The topological polar surface area (TPSA) is 69.3 Å². The molecule has 8 heteroatoms. The third-order valence-corrected chi connectivity index (χ3v) is 8.50. The first kappa shape index (κ1) is 24.0. The van der Waals surface area contributed by atoms with Crippen LogP contribution in [-0.4, -0.2) is 38.8 Å². The van der Waals surface area contributed by atoms with E-state index in [9.17, 15) is 14.9 Å². The molecule has 1 saturated carbocycles. The van der Waals surface area contributed by atoms with Crippen molar-refractivity contribution in [1.82, 2.24) is 9.47 Å². The molecule has 0 spiro atoms. The minimum Gasteiger partial charge on any atom is -0.357 e. The van der Waals surface area contributed by atoms with E-state index in [-0.39, 0.29) is 23.1 Å². The fourth-order valence-electron chi connectivity index (χ4n) is 5.22. The molecule has 2 aliphatic heterocycles. The van der Waals surface area contributed by atoms with Crippen molar-refractivity contribution in [2.75, 3.05) is 18.0 Å². The molecule has 4 rings (SSSR count). The van der Waals surface area contributed by atoms with Gasteiger partial charge in [0.05, 0.1) is 4.91 Å². The second-order valence-electron chi connectivity index (χ2n) is 9.47. The minimum absolute atomic E-state index is 0.0405. The highest BCUT2D eigenvalue weighted by Gasteiger charge is 2.38. The monoisotopic (exact) mass is 484 g/mol. The first-order valence-electron chi connectivity index (χ1n) is 12.1. The number of carbonyl (C=O) groups excluding carboxylic acids is 1. The van der Waals surface area contributed by atoms with E-state index in [1.54, 1.807) is 9.47 Å². The number of amides is 1. The second-order valence-corrected chi connectivity index (χ2v) is 11.1. The summed E-state index contributed by atoms with van der Waals surface area (Å²) in [5.74, 6) is 1.45. The van der Waals surface area contributed by atoms with Gasteiger partial charge in [0.25, 0.3) is 11.5 Å². The molecule has 0 unspecified atom stereocenters. The summed E-state index contributed by atoms with van der Waals surface area (Å²) in [6, 6.07) is 2.32. The molecule has 0 N–H and O–H groups in total. The summed E-state index contributed by atoms with van der Waals surface area (Å²) < 4.78 is 2.37. The average molecular weight is 485 g/mol. The number of aromatic nitrogens is 1. The summed E-state index contributed by atoms with van der Waals surface area (Å²) in [4.78, 5) is 31.3. The van der Waals surface area contributed by atoms with Crippen LogP contribution in [0.5, 0.6) is 0 Å². The predicted octanol–water partition coefficient (Wildman–Crippen LogP) is 4.82. The van der Waals surface area contributed by atoms with Crippen molar-refractivity contribution in [3.8, 4) is 6.07 Å². The van der Waals surface area contributed by atoms with Crippen molar-refractivity contribution in [1.29, 1.82) is 5.26 Å². The Bertz CT molecular complexity index is 1090. The van der Waals surface area contributed by atoms with Gasteiger partial charge < -0.3 is 4.90 Å². The summed E-state index contributed by atoms with van der Waals surface area (Å²) >= 11 is 6.94. The van der Waals surface area contributed by atoms with Gasteiger partial charge in [-0.3, -0.25) is 19.1 Å². The Morgan fingerprint density at radius 2 is 1.85 bits per heavy atom. The number of hydrogen-bond donors (Lipinski definition) is 0. The van der Waals surface area contributed by atoms with E-state index in [4.69, 9.17) is 12.2 Å². The van der Waals surface area contributed by atoms with E-state index in [1.807, 2.05) is 19.9 Å². The van der Waals surface area contributed by atoms with Crippen LogP contribution in [0.25, 0.3) is 6.08 Å². The van der Waals surface area contributed by atoms with E-state index in [0.717, 1.165) is 69.4 Å². The fourth-order valence-corrected chi connectivity index (χ4v) is 6.61. The lowest BCUT2D eigenvalue weighted by molar-refractivity contribution is -0.123. The van der Waals surface area contributed by atoms with E-state index < -0.39 is 0 Å². The Hall–Kier alpha value is -2.11. The molecule has 0 bridgehead atoms. The molecule has 2 saturated heterocycles. The second kappa shape index (κ2) is 10.0. The van der Waals surface area contributed by atoms with Crippen LogP contribution in [-0.2, 0) is 11.3 Å². The van der Waals surface area contributed by atoms with Crippen molar-refractivity contribution in [2.24, 2.45) is 5.92 Å². The molecule has 0 atom stereocenters. The molecule has 0 radical (unpaired) electrons. The van der Waals surface area contributed by atoms with E-state index in [1.165, 1.54) is 11.8 Å². The standard InChI is InChI=1S/C25H32N4O2S2/c1-4-11-28-22(27-12-9-16(2)10-13-27)19(17(3)20(15-26)23(28)30)14-21-24(31)29(25(32)33-21)18-7-5-6-8-18/h14,16,18H,4-13H2,1-3H3/b21-14+. The first-order valence-corrected chi connectivity index (χ1v) is 13.3. The lowest BCUT2D eigenvalue weighted by Gasteiger charge is -2.35. The number of anilines is 1. The summed E-state index contributed by atoms with van der Waals surface area (Å²) in [5, 5.41) is 9.79. The molecule has 176 valence electrons. The maximum Gasteiger partial charge on any atom is 0.270 e. The van der Waals surface area contributed by atoms with Gasteiger partial charge in [-0.25, -0.2) is 0 Å². The zero-order chi connectivity index (χ0) is 23.7. The van der Waals surface area contributed by atoms with Crippen LogP contribution in [0.2, 0.25) is 0 Å². The molecule has 3 fully saturated rings. The highest BCUT2D eigenvalue weighted by atomic mass is 32.2. The van der Waals surface area contributed by atoms with Gasteiger partial charge in [-0.2, -0.15) is 5.26 Å². The van der Waals surface area contributed by atoms with Crippen LogP contribution < -0.4 is 10.5 Å². The predicted molar refractivity (Wildman–Crippen MR) is 138 cm³/mol.